The summed E-state index contributed by atoms with van der Waals surface area (Å²) in [7, 11) is 0. The minimum absolute atomic E-state index is 0.0860. The fourth-order valence-electron chi connectivity index (χ4n) is 3.18. The van der Waals surface area contributed by atoms with Crippen LogP contribution in [-0.4, -0.2) is 21.5 Å². The number of halogens is 1. The highest BCUT2D eigenvalue weighted by molar-refractivity contribution is 5.97. The van der Waals surface area contributed by atoms with Crippen LogP contribution in [0, 0.1) is 19.7 Å². The SMILES string of the molecule is Cc1nn(Cc2ccccc2)c(C)c1CNC(=O)CCC(=O)c1ccc(F)cc1. The molecule has 3 aromatic rings. The average Bonchev–Trinajstić information content (AvgIpc) is 2.98. The van der Waals surface area contributed by atoms with Gasteiger partial charge in [0.15, 0.2) is 5.78 Å². The van der Waals surface area contributed by atoms with E-state index in [0.29, 0.717) is 18.7 Å². The maximum Gasteiger partial charge on any atom is 0.220 e. The van der Waals surface area contributed by atoms with Crippen LogP contribution < -0.4 is 5.32 Å². The van der Waals surface area contributed by atoms with Gasteiger partial charge in [-0.2, -0.15) is 5.10 Å². The molecule has 0 unspecified atom stereocenters. The Labute approximate surface area is 169 Å². The molecule has 1 N–H and O–H groups in total. The van der Waals surface area contributed by atoms with Crippen molar-refractivity contribution >= 4 is 11.7 Å². The van der Waals surface area contributed by atoms with Crippen LogP contribution in [0.3, 0.4) is 0 Å². The number of aryl methyl sites for hydroxylation is 1. The first-order valence-electron chi connectivity index (χ1n) is 9.56. The number of ketones is 1. The molecule has 150 valence electrons. The van der Waals surface area contributed by atoms with Crippen molar-refractivity contribution < 1.29 is 14.0 Å². The summed E-state index contributed by atoms with van der Waals surface area (Å²) >= 11 is 0. The molecule has 0 aliphatic heterocycles. The van der Waals surface area contributed by atoms with E-state index in [0.717, 1.165) is 22.5 Å². The first-order valence-corrected chi connectivity index (χ1v) is 9.56. The third-order valence-electron chi connectivity index (χ3n) is 4.91. The molecular weight excluding hydrogens is 369 g/mol. The smallest absolute Gasteiger partial charge is 0.220 e. The molecule has 0 radical (unpaired) electrons. The molecule has 0 aliphatic rings. The Balaban J connectivity index is 1.53. The van der Waals surface area contributed by atoms with Crippen molar-refractivity contribution in [3.8, 4) is 0 Å². The minimum atomic E-state index is -0.391. The molecule has 2 aromatic carbocycles. The van der Waals surface area contributed by atoms with Crippen LogP contribution >= 0.6 is 0 Å². The summed E-state index contributed by atoms with van der Waals surface area (Å²) in [5.41, 5.74) is 4.44. The zero-order valence-electron chi connectivity index (χ0n) is 16.6. The summed E-state index contributed by atoms with van der Waals surface area (Å²) in [6.07, 6.45) is 0.176. The Kier molecular flexibility index (Phi) is 6.54. The number of carbonyl (C=O) groups is 2. The first-order chi connectivity index (χ1) is 13.9. The lowest BCUT2D eigenvalue weighted by Gasteiger charge is -2.07. The summed E-state index contributed by atoms with van der Waals surface area (Å²) in [5.74, 6) is -0.767. The van der Waals surface area contributed by atoms with Gasteiger partial charge in [-0.1, -0.05) is 30.3 Å². The van der Waals surface area contributed by atoms with Gasteiger partial charge in [0.2, 0.25) is 5.91 Å². The van der Waals surface area contributed by atoms with E-state index in [1.165, 1.54) is 24.3 Å². The molecule has 0 aliphatic carbocycles. The molecule has 1 amide bonds. The quantitative estimate of drug-likeness (QED) is 0.589. The number of rotatable bonds is 8. The summed E-state index contributed by atoms with van der Waals surface area (Å²) in [4.78, 5) is 24.3. The number of amides is 1. The Bertz CT molecular complexity index is 995. The third kappa shape index (κ3) is 5.38. The highest BCUT2D eigenvalue weighted by Gasteiger charge is 2.14. The van der Waals surface area contributed by atoms with E-state index < -0.39 is 5.82 Å². The lowest BCUT2D eigenvalue weighted by Crippen LogP contribution is -2.24. The summed E-state index contributed by atoms with van der Waals surface area (Å²) < 4.78 is 14.9. The van der Waals surface area contributed by atoms with E-state index in [4.69, 9.17) is 0 Å². The average molecular weight is 393 g/mol. The molecule has 0 saturated heterocycles. The van der Waals surface area contributed by atoms with E-state index in [9.17, 15) is 14.0 Å². The van der Waals surface area contributed by atoms with Crippen molar-refractivity contribution in [2.45, 2.75) is 39.8 Å². The van der Waals surface area contributed by atoms with Gasteiger partial charge in [-0.15, -0.1) is 0 Å². The number of benzene rings is 2. The van der Waals surface area contributed by atoms with Crippen LogP contribution in [0.5, 0.6) is 0 Å². The second-order valence-corrected chi connectivity index (χ2v) is 7.00. The summed E-state index contributed by atoms with van der Waals surface area (Å²) in [6.45, 7) is 4.96. The number of nitrogens with zero attached hydrogens (tertiary/aromatic N) is 2. The van der Waals surface area contributed by atoms with Crippen molar-refractivity contribution in [2.75, 3.05) is 0 Å². The van der Waals surface area contributed by atoms with Gasteiger partial charge in [0, 0.05) is 36.2 Å². The Morgan fingerprint density at radius 2 is 1.69 bits per heavy atom. The number of hydrogen-bond donors (Lipinski definition) is 1. The van der Waals surface area contributed by atoms with Gasteiger partial charge in [-0.3, -0.25) is 14.3 Å². The number of carbonyl (C=O) groups excluding carboxylic acids is 2. The number of nitrogens with one attached hydrogen (secondary N) is 1. The van der Waals surface area contributed by atoms with Gasteiger partial charge in [-0.25, -0.2) is 4.39 Å². The zero-order valence-corrected chi connectivity index (χ0v) is 16.6. The van der Waals surface area contributed by atoms with Crippen molar-refractivity contribution in [3.05, 3.63) is 88.5 Å². The largest absolute Gasteiger partial charge is 0.352 e. The molecule has 0 atom stereocenters. The molecule has 5 nitrogen and oxygen atoms in total. The summed E-state index contributed by atoms with van der Waals surface area (Å²) in [5, 5.41) is 7.45. The van der Waals surface area contributed by atoms with Crippen molar-refractivity contribution in [3.63, 3.8) is 0 Å². The minimum Gasteiger partial charge on any atom is -0.352 e. The van der Waals surface area contributed by atoms with E-state index >= 15 is 0 Å². The number of Topliss-reactive ketones (excluding diaryl/α,β-unsaturated/α-hetero) is 1. The van der Waals surface area contributed by atoms with E-state index in [-0.39, 0.29) is 24.5 Å². The Hall–Kier alpha value is -3.28. The van der Waals surface area contributed by atoms with Crippen LogP contribution in [0.15, 0.2) is 54.6 Å². The van der Waals surface area contributed by atoms with E-state index in [1.54, 1.807) is 0 Å². The van der Waals surface area contributed by atoms with Gasteiger partial charge in [0.1, 0.15) is 5.82 Å². The van der Waals surface area contributed by atoms with Crippen LogP contribution in [-0.2, 0) is 17.9 Å². The first kappa shape index (κ1) is 20.5. The van der Waals surface area contributed by atoms with Crippen molar-refractivity contribution in [1.82, 2.24) is 15.1 Å². The molecule has 0 saturated carbocycles. The predicted molar refractivity (Wildman–Crippen MR) is 109 cm³/mol. The van der Waals surface area contributed by atoms with Gasteiger partial charge >= 0.3 is 0 Å². The molecule has 1 aromatic heterocycles. The maximum absolute atomic E-state index is 12.9. The second-order valence-electron chi connectivity index (χ2n) is 7.00. The lowest BCUT2D eigenvalue weighted by molar-refractivity contribution is -0.121. The normalized spacial score (nSPS) is 10.7. The zero-order chi connectivity index (χ0) is 20.8. The highest BCUT2D eigenvalue weighted by atomic mass is 19.1. The lowest BCUT2D eigenvalue weighted by atomic mass is 10.1. The molecule has 0 spiro atoms. The van der Waals surface area contributed by atoms with E-state index in [1.807, 2.05) is 36.7 Å². The fraction of sp³-hybridized carbons (Fsp3) is 0.261. The van der Waals surface area contributed by atoms with E-state index in [2.05, 4.69) is 22.5 Å². The van der Waals surface area contributed by atoms with Gasteiger partial charge in [0.25, 0.3) is 0 Å². The van der Waals surface area contributed by atoms with Gasteiger partial charge in [0.05, 0.1) is 12.2 Å². The van der Waals surface area contributed by atoms with Crippen LogP contribution in [0.2, 0.25) is 0 Å². The van der Waals surface area contributed by atoms with Crippen molar-refractivity contribution in [2.24, 2.45) is 0 Å². The Morgan fingerprint density at radius 3 is 2.38 bits per heavy atom. The van der Waals surface area contributed by atoms with Gasteiger partial charge < -0.3 is 5.32 Å². The third-order valence-corrected chi connectivity index (χ3v) is 4.91. The second kappa shape index (κ2) is 9.28. The topological polar surface area (TPSA) is 64.0 Å². The van der Waals surface area contributed by atoms with Gasteiger partial charge in [-0.05, 0) is 43.7 Å². The fourth-order valence-corrected chi connectivity index (χ4v) is 3.18. The molecular formula is C23H24FN3O2. The highest BCUT2D eigenvalue weighted by Crippen LogP contribution is 2.15. The van der Waals surface area contributed by atoms with Crippen LogP contribution in [0.4, 0.5) is 4.39 Å². The molecule has 1 heterocycles. The molecule has 3 rings (SSSR count). The Morgan fingerprint density at radius 1 is 1.00 bits per heavy atom. The number of hydrogen-bond acceptors (Lipinski definition) is 3. The standard InChI is InChI=1S/C23H24FN3O2/c1-16-21(17(2)27(26-16)15-18-6-4-3-5-7-18)14-25-23(29)13-12-22(28)19-8-10-20(24)11-9-19/h3-11H,12-15H2,1-2H3,(H,25,29). The number of aromatic nitrogens is 2. The predicted octanol–water partition coefficient (Wildman–Crippen LogP) is 3.97. The summed E-state index contributed by atoms with van der Waals surface area (Å²) in [6, 6.07) is 15.4. The van der Waals surface area contributed by atoms with Crippen molar-refractivity contribution in [1.29, 1.82) is 0 Å². The monoisotopic (exact) mass is 393 g/mol. The molecule has 0 fully saturated rings. The molecule has 0 bridgehead atoms. The van der Waals surface area contributed by atoms with Crippen LogP contribution in [0.1, 0.15) is 45.7 Å². The molecule has 29 heavy (non-hydrogen) atoms. The maximum atomic E-state index is 12.9. The van der Waals surface area contributed by atoms with Crippen LogP contribution in [0.25, 0.3) is 0 Å². The molecule has 6 heteroatoms.